The highest BCUT2D eigenvalue weighted by Gasteiger charge is 2.37. The second-order valence-electron chi connectivity index (χ2n) is 6.82. The Kier molecular flexibility index (Phi) is 8.32. The number of rotatable bonds is 10. The van der Waals surface area contributed by atoms with E-state index in [4.69, 9.17) is 4.74 Å². The molecule has 0 aliphatic carbocycles. The van der Waals surface area contributed by atoms with Gasteiger partial charge in [0.2, 0.25) is 0 Å². The number of nitrogens with zero attached hydrogens (tertiary/aromatic N) is 1. The largest absolute Gasteiger partial charge is 0.451 e. The summed E-state index contributed by atoms with van der Waals surface area (Å²) in [6, 6.07) is 10.4. The minimum Gasteiger partial charge on any atom is -0.451 e. The molecule has 1 unspecified atom stereocenters. The molecule has 3 atom stereocenters. The molecule has 0 aliphatic heterocycles. The molecule has 3 nitrogen and oxygen atoms in total. The minimum atomic E-state index is -0.206. The SMILES string of the molecule is CCCCC[N+](C)(CCC)[C@@H](C)[C@H](OC(C)=O)c1ccccc1. The van der Waals surface area contributed by atoms with Crippen molar-refractivity contribution < 1.29 is 14.0 Å². The topological polar surface area (TPSA) is 26.3 Å². The van der Waals surface area contributed by atoms with Crippen LogP contribution in [0.5, 0.6) is 0 Å². The lowest BCUT2D eigenvalue weighted by Crippen LogP contribution is -2.55. The van der Waals surface area contributed by atoms with Crippen LogP contribution in [0.15, 0.2) is 30.3 Å². The summed E-state index contributed by atoms with van der Waals surface area (Å²) in [6.07, 6.45) is 4.65. The third-order valence-electron chi connectivity index (χ3n) is 4.85. The fourth-order valence-electron chi connectivity index (χ4n) is 3.35. The van der Waals surface area contributed by atoms with E-state index < -0.39 is 0 Å². The van der Waals surface area contributed by atoms with Crippen LogP contribution in [0, 0.1) is 0 Å². The van der Waals surface area contributed by atoms with E-state index >= 15 is 0 Å². The van der Waals surface area contributed by atoms with Crippen molar-refractivity contribution in [2.24, 2.45) is 0 Å². The van der Waals surface area contributed by atoms with Crippen molar-refractivity contribution in [2.75, 3.05) is 20.1 Å². The Hall–Kier alpha value is -1.35. The van der Waals surface area contributed by atoms with Gasteiger partial charge in [0.1, 0.15) is 6.04 Å². The molecule has 0 heterocycles. The third-order valence-corrected chi connectivity index (χ3v) is 4.85. The summed E-state index contributed by atoms with van der Waals surface area (Å²) < 4.78 is 6.69. The average molecular weight is 320 g/mol. The standard InChI is InChI=1S/C20H34NO2/c1-6-8-12-16-21(5,15-7-2)17(3)20(23-18(4)22)19-13-10-9-11-14-19/h9-11,13-14,17,20H,6-8,12,15-16H2,1-5H3/q+1/t17-,20-,21?/m0/s1. The normalized spacial score (nSPS) is 16.4. The van der Waals surface area contributed by atoms with Crippen LogP contribution in [0.1, 0.15) is 65.0 Å². The van der Waals surface area contributed by atoms with E-state index in [1.54, 1.807) is 0 Å². The highest BCUT2D eigenvalue weighted by molar-refractivity contribution is 5.66. The molecule has 130 valence electrons. The first-order valence-corrected chi connectivity index (χ1v) is 9.01. The zero-order chi connectivity index (χ0) is 17.3. The van der Waals surface area contributed by atoms with Gasteiger partial charge in [0, 0.05) is 6.92 Å². The summed E-state index contributed by atoms with van der Waals surface area (Å²) in [5.41, 5.74) is 1.09. The van der Waals surface area contributed by atoms with Crippen LogP contribution in [0.25, 0.3) is 0 Å². The highest BCUT2D eigenvalue weighted by atomic mass is 16.5. The van der Waals surface area contributed by atoms with E-state index in [1.807, 2.05) is 18.2 Å². The van der Waals surface area contributed by atoms with Crippen LogP contribution in [0.2, 0.25) is 0 Å². The lowest BCUT2D eigenvalue weighted by molar-refractivity contribution is -0.935. The number of ether oxygens (including phenoxy) is 1. The Labute approximate surface area is 142 Å². The van der Waals surface area contributed by atoms with E-state index in [1.165, 1.54) is 26.2 Å². The van der Waals surface area contributed by atoms with Gasteiger partial charge >= 0.3 is 5.97 Å². The predicted octanol–water partition coefficient (Wildman–Crippen LogP) is 4.73. The summed E-state index contributed by atoms with van der Waals surface area (Å²) in [5.74, 6) is -0.206. The zero-order valence-corrected chi connectivity index (χ0v) is 15.5. The molecule has 0 radical (unpaired) electrons. The van der Waals surface area contributed by atoms with Gasteiger partial charge in [-0.1, -0.05) is 50.6 Å². The van der Waals surface area contributed by atoms with Crippen molar-refractivity contribution in [1.29, 1.82) is 0 Å². The van der Waals surface area contributed by atoms with Crippen LogP contribution < -0.4 is 0 Å². The minimum absolute atomic E-state index is 0.188. The summed E-state index contributed by atoms with van der Waals surface area (Å²) >= 11 is 0. The monoisotopic (exact) mass is 320 g/mol. The smallest absolute Gasteiger partial charge is 0.303 e. The van der Waals surface area contributed by atoms with Crippen LogP contribution in [0.3, 0.4) is 0 Å². The molecule has 3 heteroatoms. The molecule has 0 fully saturated rings. The van der Waals surface area contributed by atoms with E-state index in [0.717, 1.165) is 29.6 Å². The van der Waals surface area contributed by atoms with Crippen molar-refractivity contribution in [3.05, 3.63) is 35.9 Å². The van der Waals surface area contributed by atoms with Crippen molar-refractivity contribution >= 4 is 5.97 Å². The average Bonchev–Trinajstić information content (AvgIpc) is 2.53. The van der Waals surface area contributed by atoms with Crippen molar-refractivity contribution in [3.63, 3.8) is 0 Å². The Morgan fingerprint density at radius 2 is 1.74 bits per heavy atom. The molecule has 0 amide bonds. The molecule has 1 rings (SSSR count). The number of likely N-dealkylation sites (N-methyl/N-ethyl adjacent to an activating group) is 1. The van der Waals surface area contributed by atoms with Gasteiger partial charge in [-0.3, -0.25) is 4.79 Å². The Morgan fingerprint density at radius 3 is 2.26 bits per heavy atom. The summed E-state index contributed by atoms with van der Waals surface area (Å²) in [7, 11) is 2.31. The summed E-state index contributed by atoms with van der Waals surface area (Å²) in [4.78, 5) is 11.6. The molecule has 0 saturated heterocycles. The number of hydrogen-bond donors (Lipinski definition) is 0. The first-order valence-electron chi connectivity index (χ1n) is 9.01. The molecule has 1 aromatic rings. The van der Waals surface area contributed by atoms with Gasteiger partial charge in [-0.25, -0.2) is 0 Å². The van der Waals surface area contributed by atoms with Crippen LogP contribution >= 0.6 is 0 Å². The Morgan fingerprint density at radius 1 is 1.09 bits per heavy atom. The van der Waals surface area contributed by atoms with Gasteiger partial charge in [0.25, 0.3) is 0 Å². The highest BCUT2D eigenvalue weighted by Crippen LogP contribution is 2.29. The van der Waals surface area contributed by atoms with Gasteiger partial charge in [-0.2, -0.15) is 0 Å². The first-order chi connectivity index (χ1) is 10.9. The maximum absolute atomic E-state index is 11.6. The molecule has 0 N–H and O–H groups in total. The zero-order valence-electron chi connectivity index (χ0n) is 15.5. The Balaban J connectivity index is 3.02. The first kappa shape index (κ1) is 19.7. The molecule has 0 aliphatic rings. The van der Waals surface area contributed by atoms with Gasteiger partial charge in [-0.05, 0) is 31.7 Å². The molecule has 23 heavy (non-hydrogen) atoms. The van der Waals surface area contributed by atoms with Gasteiger partial charge in [0.15, 0.2) is 6.10 Å². The number of quaternary nitrogens is 1. The van der Waals surface area contributed by atoms with Crippen LogP contribution in [-0.2, 0) is 9.53 Å². The number of carbonyl (C=O) groups excluding carboxylic acids is 1. The fourth-order valence-corrected chi connectivity index (χ4v) is 3.35. The quantitative estimate of drug-likeness (QED) is 0.354. The number of unbranched alkanes of at least 4 members (excludes halogenated alkanes) is 2. The third kappa shape index (κ3) is 5.98. The Bertz CT molecular complexity index is 460. The molecule has 0 saturated carbocycles. The van der Waals surface area contributed by atoms with E-state index in [2.05, 4.69) is 40.0 Å². The second-order valence-corrected chi connectivity index (χ2v) is 6.82. The molecular formula is C20H34NO2+. The van der Waals surface area contributed by atoms with Crippen molar-refractivity contribution in [1.82, 2.24) is 0 Å². The molecule has 1 aromatic carbocycles. The lowest BCUT2D eigenvalue weighted by atomic mass is 9.99. The molecule has 0 spiro atoms. The predicted molar refractivity (Wildman–Crippen MR) is 96.1 cm³/mol. The van der Waals surface area contributed by atoms with Crippen molar-refractivity contribution in [2.45, 2.75) is 65.5 Å². The summed E-state index contributed by atoms with van der Waals surface area (Å²) in [5, 5.41) is 0. The van der Waals surface area contributed by atoms with E-state index in [0.29, 0.717) is 0 Å². The van der Waals surface area contributed by atoms with Gasteiger partial charge < -0.3 is 9.22 Å². The van der Waals surface area contributed by atoms with Gasteiger partial charge in [0.05, 0.1) is 20.1 Å². The maximum Gasteiger partial charge on any atom is 0.303 e. The second kappa shape index (κ2) is 9.71. The molecule has 0 bridgehead atoms. The number of hydrogen-bond acceptors (Lipinski definition) is 2. The summed E-state index contributed by atoms with van der Waals surface area (Å²) in [6.45, 7) is 10.4. The van der Waals surface area contributed by atoms with E-state index in [9.17, 15) is 4.79 Å². The number of benzene rings is 1. The van der Waals surface area contributed by atoms with Crippen molar-refractivity contribution in [3.8, 4) is 0 Å². The van der Waals surface area contributed by atoms with Crippen LogP contribution in [-0.4, -0.2) is 36.6 Å². The number of esters is 1. The number of carbonyl (C=O) groups is 1. The van der Waals surface area contributed by atoms with E-state index in [-0.39, 0.29) is 18.1 Å². The lowest BCUT2D eigenvalue weighted by Gasteiger charge is -2.43. The molecular weight excluding hydrogens is 286 g/mol. The van der Waals surface area contributed by atoms with Gasteiger partial charge in [-0.15, -0.1) is 0 Å². The fraction of sp³-hybridized carbons (Fsp3) is 0.650. The maximum atomic E-state index is 11.6. The van der Waals surface area contributed by atoms with Crippen LogP contribution in [0.4, 0.5) is 0 Å². The molecule has 0 aromatic heterocycles.